The average Bonchev–Trinajstić information content (AvgIpc) is 3.79. The van der Waals surface area contributed by atoms with Crippen LogP contribution in [0.3, 0.4) is 0 Å². The summed E-state index contributed by atoms with van der Waals surface area (Å²) in [5.74, 6) is -0.906. The molecule has 3 aromatic carbocycles. The minimum atomic E-state index is -0.906. The third-order valence-electron chi connectivity index (χ3n) is 7.76. The molecule has 0 aliphatic heterocycles. The predicted molar refractivity (Wildman–Crippen MR) is 177 cm³/mol. The lowest BCUT2D eigenvalue weighted by atomic mass is 10.1. The van der Waals surface area contributed by atoms with E-state index in [0.717, 1.165) is 29.8 Å². The first kappa shape index (κ1) is 26.4. The van der Waals surface area contributed by atoms with Gasteiger partial charge in [-0.25, -0.2) is 4.79 Å². The molecule has 6 heteroatoms. The van der Waals surface area contributed by atoms with Gasteiger partial charge in [-0.3, -0.25) is 4.98 Å². The van der Waals surface area contributed by atoms with Gasteiger partial charge in [-0.1, -0.05) is 37.6 Å². The Labute approximate surface area is 252 Å². The van der Waals surface area contributed by atoms with Crippen LogP contribution in [0.2, 0.25) is 0 Å². The van der Waals surface area contributed by atoms with Gasteiger partial charge in [0.25, 0.3) is 0 Å². The largest absolute Gasteiger partial charge is 0.478 e. The van der Waals surface area contributed by atoms with Gasteiger partial charge in [0.05, 0.1) is 5.56 Å². The second-order valence-corrected chi connectivity index (χ2v) is 12.6. The maximum Gasteiger partial charge on any atom is 0.335 e. The van der Waals surface area contributed by atoms with Crippen molar-refractivity contribution < 1.29 is 9.90 Å². The molecule has 42 heavy (non-hydrogen) atoms. The first-order chi connectivity index (χ1) is 20.6. The number of hydrogen-bond donors (Lipinski definition) is 1. The second kappa shape index (κ2) is 11.0. The van der Waals surface area contributed by atoms with E-state index in [1.54, 1.807) is 23.5 Å². The van der Waals surface area contributed by atoms with E-state index in [-0.39, 0.29) is 0 Å². The Morgan fingerprint density at radius 1 is 0.667 bits per heavy atom. The molecule has 206 valence electrons. The zero-order valence-electron chi connectivity index (χ0n) is 23.1. The summed E-state index contributed by atoms with van der Waals surface area (Å²) in [5, 5.41) is 11.8. The fourth-order valence-corrected chi connectivity index (χ4v) is 7.57. The van der Waals surface area contributed by atoms with Crippen LogP contribution in [0.1, 0.15) is 30.1 Å². The Hall–Kier alpha value is -4.52. The number of carboxylic acids is 1. The molecule has 4 aromatic heterocycles. The Balaban J connectivity index is 1.30. The van der Waals surface area contributed by atoms with Crippen molar-refractivity contribution >= 4 is 50.4 Å². The van der Waals surface area contributed by atoms with Crippen LogP contribution in [0.15, 0.2) is 109 Å². The van der Waals surface area contributed by atoms with E-state index in [4.69, 9.17) is 0 Å². The highest BCUT2D eigenvalue weighted by atomic mass is 32.1. The molecule has 7 rings (SSSR count). The van der Waals surface area contributed by atoms with Crippen LogP contribution in [0.25, 0.3) is 63.6 Å². The van der Waals surface area contributed by atoms with Crippen molar-refractivity contribution in [3.05, 3.63) is 115 Å². The SMILES string of the molecule is CCCCn1c2ccc(-c3ccc(-c4ccncc4)s3)cc2c2cc(-c3ccc(-c4ccc(C(=O)O)cc4)s3)ccc21. The van der Waals surface area contributed by atoms with Crippen LogP contribution in [-0.4, -0.2) is 20.6 Å². The summed E-state index contributed by atoms with van der Waals surface area (Å²) in [7, 11) is 0. The standard InChI is InChI=1S/C36H28N2O2S2/c1-2-3-20-38-30-10-8-26(34-14-12-32(41-34)23-4-6-25(7-5-23)36(39)40)21-28(30)29-22-27(9-11-31(29)38)35-15-13-33(42-35)24-16-18-37-19-17-24/h4-19,21-22H,2-3,20H2,1H3,(H,39,40). The molecule has 0 saturated carbocycles. The molecule has 7 aromatic rings. The number of aryl methyl sites for hydroxylation is 1. The van der Waals surface area contributed by atoms with Crippen LogP contribution < -0.4 is 0 Å². The summed E-state index contributed by atoms with van der Waals surface area (Å²) in [6, 6.07) is 33.7. The lowest BCUT2D eigenvalue weighted by molar-refractivity contribution is 0.0697. The molecule has 0 spiro atoms. The predicted octanol–water partition coefficient (Wildman–Crippen LogP) is 10.5. The van der Waals surface area contributed by atoms with Gasteiger partial charge >= 0.3 is 5.97 Å². The number of aromatic carboxylic acids is 1. The number of hydrogen-bond acceptors (Lipinski definition) is 4. The van der Waals surface area contributed by atoms with Crippen LogP contribution in [0.4, 0.5) is 0 Å². The van der Waals surface area contributed by atoms with Crippen molar-refractivity contribution in [1.29, 1.82) is 0 Å². The normalized spacial score (nSPS) is 11.5. The third kappa shape index (κ3) is 4.83. The Bertz CT molecular complexity index is 2050. The Kier molecular flexibility index (Phi) is 6.94. The first-order valence-electron chi connectivity index (χ1n) is 14.1. The lowest BCUT2D eigenvalue weighted by Gasteiger charge is -2.07. The summed E-state index contributed by atoms with van der Waals surface area (Å²) in [4.78, 5) is 20.2. The van der Waals surface area contributed by atoms with Crippen LogP contribution in [0, 0.1) is 0 Å². The number of rotatable bonds is 8. The van der Waals surface area contributed by atoms with Gasteiger partial charge in [-0.15, -0.1) is 22.7 Å². The molecule has 0 amide bonds. The van der Waals surface area contributed by atoms with Crippen LogP contribution >= 0.6 is 22.7 Å². The Morgan fingerprint density at radius 2 is 1.14 bits per heavy atom. The fourth-order valence-electron chi connectivity index (χ4n) is 5.56. The molecule has 4 heterocycles. The maximum absolute atomic E-state index is 11.3. The Morgan fingerprint density at radius 3 is 1.64 bits per heavy atom. The lowest BCUT2D eigenvalue weighted by Crippen LogP contribution is -1.96. The topological polar surface area (TPSA) is 55.1 Å². The molecule has 0 atom stereocenters. The number of carbonyl (C=O) groups is 1. The van der Waals surface area contributed by atoms with E-state index in [1.807, 2.05) is 35.9 Å². The van der Waals surface area contributed by atoms with Crippen molar-refractivity contribution in [2.24, 2.45) is 0 Å². The second-order valence-electron chi connectivity index (χ2n) is 10.4. The molecule has 0 aliphatic carbocycles. The number of nitrogens with zero attached hydrogens (tertiary/aromatic N) is 2. The number of carboxylic acid groups (broad SMARTS) is 1. The summed E-state index contributed by atoms with van der Waals surface area (Å²) in [6.45, 7) is 3.24. The van der Waals surface area contributed by atoms with Gasteiger partial charge in [0.2, 0.25) is 0 Å². The number of benzene rings is 3. The zero-order valence-corrected chi connectivity index (χ0v) is 24.7. The number of fused-ring (bicyclic) bond motifs is 3. The highest BCUT2D eigenvalue weighted by Gasteiger charge is 2.15. The molecular formula is C36H28N2O2S2. The molecule has 4 nitrogen and oxygen atoms in total. The monoisotopic (exact) mass is 584 g/mol. The highest BCUT2D eigenvalue weighted by Crippen LogP contribution is 2.40. The number of pyridine rings is 1. The van der Waals surface area contributed by atoms with Crippen molar-refractivity contribution in [2.45, 2.75) is 26.3 Å². The first-order valence-corrected chi connectivity index (χ1v) is 15.7. The van der Waals surface area contributed by atoms with E-state index in [2.05, 4.69) is 89.3 Å². The van der Waals surface area contributed by atoms with Gasteiger partial charge in [0.1, 0.15) is 0 Å². The summed E-state index contributed by atoms with van der Waals surface area (Å²) < 4.78 is 2.47. The zero-order chi connectivity index (χ0) is 28.6. The van der Waals surface area contributed by atoms with Crippen molar-refractivity contribution in [2.75, 3.05) is 0 Å². The van der Waals surface area contributed by atoms with E-state index in [1.165, 1.54) is 53.1 Å². The van der Waals surface area contributed by atoms with Crippen LogP contribution in [0.5, 0.6) is 0 Å². The smallest absolute Gasteiger partial charge is 0.335 e. The summed E-state index contributed by atoms with van der Waals surface area (Å²) in [6.07, 6.45) is 5.97. The molecular weight excluding hydrogens is 557 g/mol. The highest BCUT2D eigenvalue weighted by molar-refractivity contribution is 7.19. The van der Waals surface area contributed by atoms with Crippen molar-refractivity contribution in [1.82, 2.24) is 9.55 Å². The molecule has 0 aliphatic rings. The van der Waals surface area contributed by atoms with Gasteiger partial charge < -0.3 is 9.67 Å². The summed E-state index contributed by atoms with van der Waals surface area (Å²) >= 11 is 3.54. The molecule has 0 bridgehead atoms. The molecule has 0 saturated heterocycles. The number of thiophene rings is 2. The van der Waals surface area contributed by atoms with Crippen molar-refractivity contribution in [3.8, 4) is 41.8 Å². The number of aromatic nitrogens is 2. The third-order valence-corrected chi connectivity index (χ3v) is 10.1. The van der Waals surface area contributed by atoms with Crippen molar-refractivity contribution in [3.63, 3.8) is 0 Å². The summed E-state index contributed by atoms with van der Waals surface area (Å²) in [5.41, 5.74) is 7.49. The minimum Gasteiger partial charge on any atom is -0.478 e. The van der Waals surface area contributed by atoms with E-state index in [0.29, 0.717) is 5.56 Å². The minimum absolute atomic E-state index is 0.302. The average molecular weight is 585 g/mol. The molecule has 1 N–H and O–H groups in total. The van der Waals surface area contributed by atoms with Gasteiger partial charge in [-0.05, 0) is 101 Å². The molecule has 0 fully saturated rings. The fraction of sp³-hybridized carbons (Fsp3) is 0.111. The van der Waals surface area contributed by atoms with E-state index < -0.39 is 5.97 Å². The van der Waals surface area contributed by atoms with Gasteiger partial charge in [-0.2, -0.15) is 0 Å². The molecule has 0 radical (unpaired) electrons. The molecule has 0 unspecified atom stereocenters. The van der Waals surface area contributed by atoms with E-state index in [9.17, 15) is 9.90 Å². The quantitative estimate of drug-likeness (QED) is 0.193. The number of unbranched alkanes of at least 4 members (excludes halogenated alkanes) is 1. The van der Waals surface area contributed by atoms with Crippen LogP contribution in [-0.2, 0) is 6.54 Å². The van der Waals surface area contributed by atoms with E-state index >= 15 is 0 Å². The maximum atomic E-state index is 11.3. The van der Waals surface area contributed by atoms with Gasteiger partial charge in [0, 0.05) is 60.3 Å². The van der Waals surface area contributed by atoms with Gasteiger partial charge in [0.15, 0.2) is 0 Å².